The van der Waals surface area contributed by atoms with Crippen molar-refractivity contribution in [2.45, 2.75) is 25.9 Å². The molecule has 1 aliphatic heterocycles. The van der Waals surface area contributed by atoms with Crippen molar-refractivity contribution in [1.29, 1.82) is 5.26 Å². The molecule has 2 heterocycles. The number of ether oxygens (including phenoxy) is 1. The fourth-order valence-corrected chi connectivity index (χ4v) is 2.85. The highest BCUT2D eigenvalue weighted by atomic mass is 19.4. The first-order chi connectivity index (χ1) is 12.2. The van der Waals surface area contributed by atoms with E-state index in [1.807, 2.05) is 0 Å². The van der Waals surface area contributed by atoms with Crippen LogP contribution in [0.15, 0.2) is 6.07 Å². The molecule has 1 aliphatic rings. The molecule has 0 bridgehead atoms. The minimum absolute atomic E-state index is 0.120. The predicted molar refractivity (Wildman–Crippen MR) is 82.5 cm³/mol. The number of halogens is 3. The van der Waals surface area contributed by atoms with E-state index in [4.69, 9.17) is 5.11 Å². The highest BCUT2D eigenvalue weighted by Crippen LogP contribution is 2.35. The molecule has 10 heteroatoms. The van der Waals surface area contributed by atoms with Crippen LogP contribution in [0.2, 0.25) is 0 Å². The average molecular weight is 371 g/mol. The molecule has 1 atom stereocenters. The maximum absolute atomic E-state index is 13.4. The Labute approximate surface area is 147 Å². The summed E-state index contributed by atoms with van der Waals surface area (Å²) in [5, 5.41) is 18.1. The van der Waals surface area contributed by atoms with Crippen LogP contribution in [0.5, 0.6) is 0 Å². The van der Waals surface area contributed by atoms with E-state index in [2.05, 4.69) is 9.72 Å². The second kappa shape index (κ2) is 7.59. The number of nitriles is 1. The summed E-state index contributed by atoms with van der Waals surface area (Å²) in [6.07, 6.45) is -4.57. The molecule has 1 aromatic rings. The molecule has 26 heavy (non-hydrogen) atoms. The molecule has 0 aromatic carbocycles. The molecule has 140 valence electrons. The molecule has 1 unspecified atom stereocenters. The van der Waals surface area contributed by atoms with Gasteiger partial charge in [-0.2, -0.15) is 18.4 Å². The molecule has 0 saturated carbocycles. The van der Waals surface area contributed by atoms with Gasteiger partial charge in [0, 0.05) is 19.5 Å². The second-order valence-electron chi connectivity index (χ2n) is 5.78. The average Bonchev–Trinajstić information content (AvgIpc) is 3.00. The fourth-order valence-electron chi connectivity index (χ4n) is 2.85. The molecule has 1 aromatic heterocycles. The van der Waals surface area contributed by atoms with Crippen LogP contribution in [0.4, 0.5) is 19.0 Å². The number of hydrogen-bond acceptors (Lipinski definition) is 6. The Morgan fingerprint density at radius 3 is 2.73 bits per heavy atom. The summed E-state index contributed by atoms with van der Waals surface area (Å²) in [6, 6.07) is 2.58. The Hall–Kier alpha value is -2.83. The molecule has 2 rings (SSSR count). The minimum Gasteiger partial charge on any atom is -0.481 e. The summed E-state index contributed by atoms with van der Waals surface area (Å²) < 4.78 is 44.7. The first-order valence-electron chi connectivity index (χ1n) is 7.83. The van der Waals surface area contributed by atoms with Crippen LogP contribution in [-0.2, 0) is 15.7 Å². The van der Waals surface area contributed by atoms with E-state index in [9.17, 15) is 28.0 Å². The van der Waals surface area contributed by atoms with Crippen LogP contribution < -0.4 is 4.90 Å². The van der Waals surface area contributed by atoms with Gasteiger partial charge in [0.25, 0.3) is 0 Å². The Bertz CT molecular complexity index is 758. The van der Waals surface area contributed by atoms with Crippen LogP contribution >= 0.6 is 0 Å². The zero-order valence-electron chi connectivity index (χ0n) is 13.8. The number of esters is 1. The lowest BCUT2D eigenvalue weighted by atomic mass is 10.1. The van der Waals surface area contributed by atoms with Gasteiger partial charge in [-0.15, -0.1) is 0 Å². The topological polar surface area (TPSA) is 104 Å². The van der Waals surface area contributed by atoms with Crippen molar-refractivity contribution in [1.82, 2.24) is 4.98 Å². The Kier molecular flexibility index (Phi) is 5.69. The van der Waals surface area contributed by atoms with E-state index in [1.165, 1.54) is 11.8 Å². The third-order valence-corrected chi connectivity index (χ3v) is 3.94. The van der Waals surface area contributed by atoms with Gasteiger partial charge >= 0.3 is 18.1 Å². The number of aliphatic carboxylic acids is 1. The summed E-state index contributed by atoms with van der Waals surface area (Å²) in [5.41, 5.74) is -2.44. The van der Waals surface area contributed by atoms with E-state index in [1.54, 1.807) is 6.07 Å². The van der Waals surface area contributed by atoms with Crippen molar-refractivity contribution in [2.75, 3.05) is 24.6 Å². The smallest absolute Gasteiger partial charge is 0.434 e. The van der Waals surface area contributed by atoms with Crippen molar-refractivity contribution < 1.29 is 32.6 Å². The van der Waals surface area contributed by atoms with Gasteiger partial charge in [0.05, 0.1) is 17.7 Å². The fraction of sp³-hybridized carbons (Fsp3) is 0.500. The van der Waals surface area contributed by atoms with Gasteiger partial charge < -0.3 is 14.7 Å². The van der Waals surface area contributed by atoms with Crippen LogP contribution in [0.1, 0.15) is 41.4 Å². The van der Waals surface area contributed by atoms with Crippen molar-refractivity contribution in [2.24, 2.45) is 5.92 Å². The lowest BCUT2D eigenvalue weighted by molar-refractivity contribution is -0.141. The summed E-state index contributed by atoms with van der Waals surface area (Å²) in [6.45, 7) is 1.77. The van der Waals surface area contributed by atoms with Gasteiger partial charge in [-0.05, 0) is 25.3 Å². The number of aromatic nitrogens is 1. The third kappa shape index (κ3) is 4.22. The number of alkyl halides is 3. The molecule has 0 spiro atoms. The number of pyridine rings is 1. The van der Waals surface area contributed by atoms with E-state index in [0.29, 0.717) is 6.42 Å². The molecule has 1 saturated heterocycles. The molecule has 0 amide bonds. The number of carboxylic acid groups (broad SMARTS) is 1. The highest BCUT2D eigenvalue weighted by Gasteiger charge is 2.40. The molecule has 7 nitrogen and oxygen atoms in total. The minimum atomic E-state index is -4.91. The standard InChI is InChI=1S/C16H16F3N3O4/c1-2-26-15(25)11-6-10(7-20)14(21-13(11)16(17,18)19)22-4-3-9(8-22)5-12(23)24/h6,9H,2-5,8H2,1H3,(H,23,24). The van der Waals surface area contributed by atoms with Gasteiger partial charge in [-0.1, -0.05) is 0 Å². The van der Waals surface area contributed by atoms with E-state index < -0.39 is 29.4 Å². The zero-order chi connectivity index (χ0) is 19.5. The number of rotatable bonds is 5. The van der Waals surface area contributed by atoms with E-state index in [-0.39, 0.29) is 43.4 Å². The van der Waals surface area contributed by atoms with Gasteiger partial charge in [-0.25, -0.2) is 9.78 Å². The molecule has 1 fully saturated rings. The Morgan fingerprint density at radius 1 is 1.50 bits per heavy atom. The highest BCUT2D eigenvalue weighted by molar-refractivity contribution is 5.92. The summed E-state index contributed by atoms with van der Waals surface area (Å²) in [5.74, 6) is -2.67. The zero-order valence-corrected chi connectivity index (χ0v) is 13.8. The monoisotopic (exact) mass is 371 g/mol. The van der Waals surface area contributed by atoms with Gasteiger partial charge in [-0.3, -0.25) is 4.79 Å². The van der Waals surface area contributed by atoms with Crippen molar-refractivity contribution in [3.63, 3.8) is 0 Å². The van der Waals surface area contributed by atoms with Crippen molar-refractivity contribution >= 4 is 17.8 Å². The SMILES string of the molecule is CCOC(=O)c1cc(C#N)c(N2CCC(CC(=O)O)C2)nc1C(F)(F)F. The summed E-state index contributed by atoms with van der Waals surface area (Å²) in [4.78, 5) is 27.6. The van der Waals surface area contributed by atoms with Crippen LogP contribution in [0.3, 0.4) is 0 Å². The lowest BCUT2D eigenvalue weighted by Gasteiger charge is -2.21. The first kappa shape index (κ1) is 19.5. The van der Waals surface area contributed by atoms with E-state index in [0.717, 1.165) is 6.07 Å². The van der Waals surface area contributed by atoms with Crippen LogP contribution in [0.25, 0.3) is 0 Å². The largest absolute Gasteiger partial charge is 0.481 e. The number of anilines is 1. The predicted octanol–water partition coefficient (Wildman–Crippen LogP) is 2.45. The number of hydrogen-bond donors (Lipinski definition) is 1. The lowest BCUT2D eigenvalue weighted by Crippen LogP contribution is -2.26. The molecule has 0 aliphatic carbocycles. The second-order valence-corrected chi connectivity index (χ2v) is 5.78. The maximum atomic E-state index is 13.4. The first-order valence-corrected chi connectivity index (χ1v) is 7.83. The third-order valence-electron chi connectivity index (χ3n) is 3.94. The number of carboxylic acids is 1. The molecular weight excluding hydrogens is 355 g/mol. The number of nitrogens with zero attached hydrogens (tertiary/aromatic N) is 3. The van der Waals surface area contributed by atoms with Gasteiger partial charge in [0.1, 0.15) is 11.9 Å². The quantitative estimate of drug-likeness (QED) is 0.793. The van der Waals surface area contributed by atoms with Crippen LogP contribution in [0, 0.1) is 17.2 Å². The number of carbonyl (C=O) groups is 2. The molecule has 1 N–H and O–H groups in total. The summed E-state index contributed by atoms with van der Waals surface area (Å²) in [7, 11) is 0. The normalized spacial score (nSPS) is 17.0. The van der Waals surface area contributed by atoms with E-state index >= 15 is 0 Å². The van der Waals surface area contributed by atoms with Crippen molar-refractivity contribution in [3.05, 3.63) is 22.9 Å². The Balaban J connectivity index is 2.46. The molecule has 0 radical (unpaired) electrons. The molecular formula is C16H16F3N3O4. The number of carbonyl (C=O) groups excluding carboxylic acids is 1. The maximum Gasteiger partial charge on any atom is 0.434 e. The van der Waals surface area contributed by atoms with Crippen molar-refractivity contribution in [3.8, 4) is 6.07 Å². The Morgan fingerprint density at radius 2 is 2.19 bits per heavy atom. The van der Waals surface area contributed by atoms with Gasteiger partial charge in [0.15, 0.2) is 5.69 Å². The van der Waals surface area contributed by atoms with Gasteiger partial charge in [0.2, 0.25) is 0 Å². The summed E-state index contributed by atoms with van der Waals surface area (Å²) >= 11 is 0. The van der Waals surface area contributed by atoms with Crippen LogP contribution in [-0.4, -0.2) is 41.7 Å².